The summed E-state index contributed by atoms with van der Waals surface area (Å²) in [5, 5.41) is 250. The van der Waals surface area contributed by atoms with Crippen LogP contribution in [0.15, 0.2) is 0 Å². The van der Waals surface area contributed by atoms with Crippen LogP contribution in [0.3, 0.4) is 0 Å². The maximum Gasteiger partial charge on any atom is 1.00 e. The van der Waals surface area contributed by atoms with Crippen LogP contribution in [-0.2, 0) is 99.9 Å². The summed E-state index contributed by atoms with van der Waals surface area (Å²) in [7, 11) is 0. The van der Waals surface area contributed by atoms with Crippen molar-refractivity contribution < 1.29 is 414 Å². The molecule has 35 atom stereocenters. The van der Waals surface area contributed by atoms with E-state index in [0.29, 0.717) is 0 Å². The molecule has 21 fully saturated rings. The van der Waals surface area contributed by atoms with Gasteiger partial charge in [0.1, 0.15) is 128 Å². The molecule has 42 nitrogen and oxygen atoms in total. The average molecular weight is 1910 g/mol. The molecule has 0 aliphatic carbocycles. The average Bonchev–Trinajstić information content (AvgIpc) is 0.814. The van der Waals surface area contributed by atoms with E-state index >= 15 is 0 Å². The number of thioether (sulfide) groups is 7. The Labute approximate surface area is 866 Å². The summed E-state index contributed by atoms with van der Waals surface area (Å²) in [6.07, 6.45) is -75.5. The molecule has 0 aromatic rings. The van der Waals surface area contributed by atoms with Crippen molar-refractivity contribution in [1.29, 1.82) is 0 Å². The molecule has 644 valence electrons. The van der Waals surface area contributed by atoms with E-state index < -0.39 is 342 Å². The van der Waals surface area contributed by atoms with E-state index in [4.69, 9.17) is 66.3 Å². The maximum atomic E-state index is 12.1. The van der Waals surface area contributed by atoms with Crippen molar-refractivity contribution in [1.82, 2.24) is 0 Å². The molecule has 21 rings (SSSR count). The Morgan fingerprint density at radius 2 is 0.286 bits per heavy atom. The van der Waals surface area contributed by atoms with Gasteiger partial charge in [0.25, 0.3) is 0 Å². The van der Waals surface area contributed by atoms with Gasteiger partial charge in [-0.1, -0.05) is 0 Å². The van der Waals surface area contributed by atoms with Gasteiger partial charge in [0.15, 0.2) is 44.0 Å². The minimum absolute atomic E-state index is 0. The van der Waals surface area contributed by atoms with Crippen LogP contribution < -0.4 is 243 Å². The quantitative estimate of drug-likeness (QED) is 0.0207. The number of hydrogen-bond donors (Lipinski definition) is 14. The molecular weight excluding hydrogens is 1810 g/mol. The van der Waals surface area contributed by atoms with E-state index in [1.165, 1.54) is 0 Å². The molecule has 0 unspecified atom stereocenters. The van der Waals surface area contributed by atoms with E-state index in [9.17, 15) is 141 Å². The fraction of sp³-hybridized carbons (Fsp3) is 0.889. The molecule has 14 bridgehead atoms. The molecule has 0 saturated carbocycles. The van der Waals surface area contributed by atoms with Gasteiger partial charge in [-0.15, -0.1) is 0 Å². The van der Waals surface area contributed by atoms with Gasteiger partial charge in [0.05, 0.1) is 42.7 Å². The fourth-order valence-electron chi connectivity index (χ4n) is 12.8. The van der Waals surface area contributed by atoms with Crippen LogP contribution in [0.1, 0.15) is 44.9 Å². The number of carbonyl (C=O) groups is 7. The van der Waals surface area contributed by atoms with Crippen molar-refractivity contribution in [2.45, 2.75) is 260 Å². The van der Waals surface area contributed by atoms with E-state index in [-0.39, 0.29) is 247 Å². The Morgan fingerprint density at radius 1 is 0.185 bits per heavy atom. The van der Waals surface area contributed by atoms with E-state index in [2.05, 4.69) is 0 Å². The van der Waals surface area contributed by atoms with E-state index in [1.54, 1.807) is 0 Å². The topological polar surface area (TPSA) is 693 Å². The number of ether oxygens (including phenoxy) is 14. The second-order valence-corrected chi connectivity index (χ2v) is 34.8. The molecule has 21 saturated heterocycles. The second kappa shape index (κ2) is 60.9. The largest absolute Gasteiger partial charge is 1.00 e. The first-order valence-corrected chi connectivity index (χ1v) is 43.4. The summed E-state index contributed by atoms with van der Waals surface area (Å²) in [5.74, 6) is -14.7. The van der Waals surface area contributed by atoms with Gasteiger partial charge < -0.3 is 207 Å². The van der Waals surface area contributed by atoms with Crippen LogP contribution in [-0.4, -0.2) is 409 Å². The van der Waals surface area contributed by atoms with Crippen molar-refractivity contribution in [3.63, 3.8) is 0 Å². The number of hydrogen-bond acceptors (Lipinski definition) is 49. The third-order valence-corrected chi connectivity index (χ3v) is 26.1. The molecular formula is C63H91Na7O42S7. The second-order valence-electron chi connectivity index (χ2n) is 26.8. The molecule has 0 aromatic heterocycles. The molecule has 21 aliphatic heterocycles. The van der Waals surface area contributed by atoms with E-state index in [1.807, 2.05) is 0 Å². The van der Waals surface area contributed by atoms with Gasteiger partial charge in [-0.3, -0.25) is 0 Å². The number of carboxylic acid groups (broad SMARTS) is 7. The molecule has 0 aromatic carbocycles. The van der Waals surface area contributed by atoms with Crippen LogP contribution in [0.2, 0.25) is 0 Å². The molecule has 0 radical (unpaired) electrons. The summed E-state index contributed by atoms with van der Waals surface area (Å²) >= 11 is 5.93. The minimum atomic E-state index is -2.31. The smallest absolute Gasteiger partial charge is 0.550 e. The first-order valence-electron chi connectivity index (χ1n) is 35.3. The standard InChI is InChI=1S/C63H98O42S7.7Na/c64-29(65)1-8-106-15-22-50-36(78)43(85)57(92-22)100-51-23(16-107-9-2-30(66)67)94-59(45(87)38(51)80)102-53-25(18-109-11-4-32(70)71)96-61(47(89)40(53)82)104-55-27(20-111-13-6-34(74)75)98-63(49(91)42(55)84)105-56-28(21-112-14-7-35(76)77)97-62(48(90)41(56)83)103-54-26(19-110-12-5-33(72)73)95-60(46(88)39(54)81)101-52-24(17-108-10-3-31(68)69)93-58(99-50)44(86)37(52)79;;;;;;;/h22-28,36-63,78-91H,1-21H2,(H,64,65)(H,66,67)(H,68,69)(H,70,71)(H,72,73)(H,74,75)(H,76,77);;;;;;;/q;7*+1/p-7/t22-,23-,24-,25-,26+,27+,28+,36+,37+,38-,39-,40-,41-,42-,43+,44-,45+,46-,47-,48-,49-,50-,51-,52-,53-,54-,55-,56-,57-,58-,59-,60-,61-,62-,63-;;;;;;;/m1......./s1. The molecule has 0 spiro atoms. The van der Waals surface area contributed by atoms with Crippen molar-refractivity contribution >= 4 is 124 Å². The van der Waals surface area contributed by atoms with Crippen LogP contribution in [0.5, 0.6) is 0 Å². The Morgan fingerprint density at radius 3 is 0.378 bits per heavy atom. The first kappa shape index (κ1) is 122. The Hall–Kier alpha value is 4.62. The van der Waals surface area contributed by atoms with Crippen LogP contribution in [0.25, 0.3) is 0 Å². The Balaban J connectivity index is 0.0000101. The fourth-order valence-corrected chi connectivity index (χ4v) is 19.7. The number of carbonyl (C=O) groups excluding carboxylic acids is 7. The number of rotatable bonds is 35. The van der Waals surface area contributed by atoms with Crippen LogP contribution in [0.4, 0.5) is 0 Å². The SMILES string of the molecule is O=C([O-])CCSC[C@@H]1O[C@@H]2O[C@H]3[C@H](O)[C@@H](O)[C@@H](O[C@H]4[C@@H](O)[C@@H](O)[C@@H](O[C@H]5[C@@H](O)[C@H](O)[C@@H](O[C@H]6[C@H](O)[C@H](O)[C@@H](O[C@H]7[C@H](O)[C@@H](O)[C@@H](O[C@H]8[C@H](O)[C@@H](O)[C@@H](O[C@H]1[C@H](O)[C@H]2O)O[C@H]8CSCCC(=O)[O-])O[C@@H]7CSCCC(=O)[O-])O[C@@H]6CSCCC(=O)[O-])O[C@@H]5CSCCC(=O)[O-])O[C@@H]4CSCCC(=O)[O-])O[C@H]3CSCCC(=O)[O-].[Na+].[Na+].[Na+].[Na+].[Na+].[Na+].[Na+]. The summed E-state index contributed by atoms with van der Waals surface area (Å²) in [6, 6.07) is 0. The molecule has 21 heterocycles. The Kier molecular flexibility index (Phi) is 62.2. The predicted octanol–water partition coefficient (Wildman–Crippen LogP) is -37.0. The third kappa shape index (κ3) is 36.3. The molecule has 119 heavy (non-hydrogen) atoms. The van der Waals surface area contributed by atoms with Crippen molar-refractivity contribution in [2.75, 3.05) is 80.5 Å². The molecule has 56 heteroatoms. The van der Waals surface area contributed by atoms with Gasteiger partial charge in [-0.05, 0) is 85.2 Å². The predicted molar refractivity (Wildman–Crippen MR) is 367 cm³/mol. The van der Waals surface area contributed by atoms with Gasteiger partial charge in [-0.2, -0.15) is 82.3 Å². The molecule has 21 aliphatic rings. The molecule has 14 N–H and O–H groups in total. The summed E-state index contributed by atoms with van der Waals surface area (Å²) in [4.78, 5) is 81.1. The summed E-state index contributed by atoms with van der Waals surface area (Å²) in [6.45, 7) is 0. The van der Waals surface area contributed by atoms with Crippen LogP contribution in [0, 0.1) is 0 Å². The number of aliphatic hydroxyl groups excluding tert-OH is 14. The number of aliphatic hydroxyl groups is 14. The summed E-state index contributed by atoms with van der Waals surface area (Å²) < 4.78 is 86.8. The van der Waals surface area contributed by atoms with Crippen molar-refractivity contribution in [3.05, 3.63) is 0 Å². The van der Waals surface area contributed by atoms with Gasteiger partial charge in [0.2, 0.25) is 0 Å². The number of aliphatic carboxylic acids is 7. The van der Waals surface area contributed by atoms with Gasteiger partial charge in [0, 0.05) is 82.1 Å². The number of carboxylic acids is 7. The van der Waals surface area contributed by atoms with E-state index in [0.717, 1.165) is 82.3 Å². The molecule has 0 amide bonds. The van der Waals surface area contributed by atoms with Crippen molar-refractivity contribution in [2.24, 2.45) is 0 Å². The Bertz CT molecular complexity index is 2480. The maximum absolute atomic E-state index is 12.1. The summed E-state index contributed by atoms with van der Waals surface area (Å²) in [5.41, 5.74) is 0. The van der Waals surface area contributed by atoms with Crippen LogP contribution >= 0.6 is 82.3 Å². The van der Waals surface area contributed by atoms with Gasteiger partial charge >= 0.3 is 207 Å². The normalized spacial score (nSPS) is 39.1. The third-order valence-electron chi connectivity index (χ3n) is 18.7. The van der Waals surface area contributed by atoms with Gasteiger partial charge in [-0.25, -0.2) is 0 Å². The zero-order valence-electron chi connectivity index (χ0n) is 66.1. The zero-order chi connectivity index (χ0) is 81.9. The first-order chi connectivity index (χ1) is 53.1. The monoisotopic (exact) mass is 1900 g/mol. The zero-order valence-corrected chi connectivity index (χ0v) is 85.8. The minimum Gasteiger partial charge on any atom is -0.550 e. The van der Waals surface area contributed by atoms with Crippen molar-refractivity contribution in [3.8, 4) is 0 Å².